The Morgan fingerprint density at radius 1 is 1.50 bits per heavy atom. The number of carbonyl (C=O) groups is 2. The van der Waals surface area contributed by atoms with E-state index >= 15 is 0 Å². The molecule has 0 bridgehead atoms. The highest BCUT2D eigenvalue weighted by Crippen LogP contribution is 2.31. The number of hydrogen-bond acceptors (Lipinski definition) is 11. The quantitative estimate of drug-likeness (QED) is 0.204. The molecule has 6 N–H and O–H groups in total. The van der Waals surface area contributed by atoms with Crippen molar-refractivity contribution in [3.8, 4) is 0 Å². The molecule has 164 valence electrons. The Morgan fingerprint density at radius 3 is 2.73 bits per heavy atom. The standard InChI is InChI=1S/C16H20N4O9S/c1-7(9-2-3-10(30-9)20(26)27)28-14(24)16(17)4-5-19(15(25)18-16)13-12(23)11(22)8(6-21)29-13/h2-5,7-8,11-13,21-23H,6,17H2,1H3,(H,18,25)/t7?,8-,11-,12+,13-,16?/m1/s1. The Balaban J connectivity index is 1.69. The molecule has 2 unspecified atom stereocenters. The van der Waals surface area contributed by atoms with Gasteiger partial charge in [0.05, 0.1) is 16.4 Å². The highest BCUT2D eigenvalue weighted by atomic mass is 32.1. The van der Waals surface area contributed by atoms with Crippen molar-refractivity contribution >= 4 is 28.3 Å². The highest BCUT2D eigenvalue weighted by molar-refractivity contribution is 7.15. The Kier molecular flexibility index (Phi) is 6.07. The van der Waals surface area contributed by atoms with Gasteiger partial charge in [-0.15, -0.1) is 0 Å². The van der Waals surface area contributed by atoms with E-state index in [0.717, 1.165) is 28.5 Å². The van der Waals surface area contributed by atoms with Crippen molar-refractivity contribution in [2.75, 3.05) is 6.61 Å². The lowest BCUT2D eigenvalue weighted by atomic mass is 10.1. The fraction of sp³-hybridized carbons (Fsp3) is 0.500. The van der Waals surface area contributed by atoms with Gasteiger partial charge in [-0.25, -0.2) is 9.59 Å². The van der Waals surface area contributed by atoms with Crippen molar-refractivity contribution in [3.05, 3.63) is 39.4 Å². The van der Waals surface area contributed by atoms with Gasteiger partial charge in [-0.05, 0) is 19.1 Å². The molecule has 0 saturated carbocycles. The molecule has 2 aliphatic rings. The summed E-state index contributed by atoms with van der Waals surface area (Å²) in [5.74, 6) is -1.02. The minimum atomic E-state index is -2.04. The van der Waals surface area contributed by atoms with Gasteiger partial charge in [0.25, 0.3) is 0 Å². The molecule has 1 saturated heterocycles. The highest BCUT2D eigenvalue weighted by Gasteiger charge is 2.49. The molecular formula is C16H20N4O9S. The molecule has 1 aromatic heterocycles. The third kappa shape index (κ3) is 4.00. The Hall–Kier alpha value is -2.62. The Bertz CT molecular complexity index is 877. The molecule has 0 radical (unpaired) electrons. The van der Waals surface area contributed by atoms with E-state index in [-0.39, 0.29) is 5.00 Å². The largest absolute Gasteiger partial charge is 0.454 e. The van der Waals surface area contributed by atoms with Gasteiger partial charge >= 0.3 is 17.0 Å². The van der Waals surface area contributed by atoms with E-state index in [0.29, 0.717) is 4.88 Å². The average molecular weight is 444 g/mol. The van der Waals surface area contributed by atoms with Gasteiger partial charge in [0.1, 0.15) is 24.4 Å². The Labute approximate surface area is 173 Å². The van der Waals surface area contributed by atoms with E-state index in [9.17, 15) is 29.9 Å². The normalized spacial score (nSPS) is 32.0. The van der Waals surface area contributed by atoms with Gasteiger partial charge in [0.2, 0.25) is 5.66 Å². The second-order valence-electron chi connectivity index (χ2n) is 6.73. The molecule has 3 rings (SSSR count). The minimum Gasteiger partial charge on any atom is -0.454 e. The van der Waals surface area contributed by atoms with Crippen LogP contribution in [0.15, 0.2) is 24.4 Å². The average Bonchev–Trinajstić information content (AvgIpc) is 3.29. The molecule has 6 atom stereocenters. The molecule has 13 nitrogen and oxygen atoms in total. The molecule has 0 spiro atoms. The van der Waals surface area contributed by atoms with E-state index in [1.807, 2.05) is 0 Å². The van der Waals surface area contributed by atoms with Crippen molar-refractivity contribution in [1.29, 1.82) is 0 Å². The van der Waals surface area contributed by atoms with Gasteiger partial charge in [0.15, 0.2) is 6.23 Å². The Morgan fingerprint density at radius 2 is 2.20 bits per heavy atom. The summed E-state index contributed by atoms with van der Waals surface area (Å²) < 4.78 is 10.5. The van der Waals surface area contributed by atoms with Gasteiger partial charge in [-0.3, -0.25) is 20.7 Å². The number of amides is 2. The van der Waals surface area contributed by atoms with Crippen molar-refractivity contribution < 1.29 is 39.3 Å². The first-order valence-corrected chi connectivity index (χ1v) is 9.55. The molecule has 3 heterocycles. The number of nitrogens with one attached hydrogen (secondary N) is 1. The second kappa shape index (κ2) is 8.25. The third-order valence-electron chi connectivity index (χ3n) is 4.65. The number of ether oxygens (including phenoxy) is 2. The fourth-order valence-corrected chi connectivity index (χ4v) is 3.76. The van der Waals surface area contributed by atoms with Crippen LogP contribution in [0.25, 0.3) is 0 Å². The van der Waals surface area contributed by atoms with Crippen molar-refractivity contribution in [2.45, 2.75) is 43.2 Å². The SMILES string of the molecule is CC(OC(=O)C1(N)C=CN([C@@H]2O[C@H](CO)[C@@H](O)[C@@H]2O)C(=O)N1)c1ccc([N+](=O)[O-])s1. The third-order valence-corrected chi connectivity index (χ3v) is 5.85. The topological polar surface area (TPSA) is 198 Å². The molecule has 2 aliphatic heterocycles. The van der Waals surface area contributed by atoms with E-state index < -0.39 is 59.8 Å². The number of nitrogens with two attached hydrogens (primary N) is 1. The van der Waals surface area contributed by atoms with Crippen LogP contribution in [0.1, 0.15) is 17.9 Å². The number of rotatable bonds is 6. The zero-order valence-corrected chi connectivity index (χ0v) is 16.4. The van der Waals surface area contributed by atoms with Gasteiger partial charge in [0, 0.05) is 12.3 Å². The molecule has 1 aromatic rings. The van der Waals surface area contributed by atoms with E-state index in [1.165, 1.54) is 19.1 Å². The molecule has 0 aliphatic carbocycles. The van der Waals surface area contributed by atoms with Crippen LogP contribution in [0.2, 0.25) is 0 Å². The lowest BCUT2D eigenvalue weighted by Crippen LogP contribution is -2.66. The van der Waals surface area contributed by atoms with Crippen LogP contribution >= 0.6 is 11.3 Å². The molecular weight excluding hydrogens is 424 g/mol. The minimum absolute atomic E-state index is 0.115. The molecule has 14 heteroatoms. The number of hydrogen-bond donors (Lipinski definition) is 5. The number of thiophene rings is 1. The molecule has 2 amide bonds. The predicted octanol–water partition coefficient (Wildman–Crippen LogP) is -1.11. The summed E-state index contributed by atoms with van der Waals surface area (Å²) in [5.41, 5.74) is 3.89. The predicted molar refractivity (Wildman–Crippen MR) is 99.7 cm³/mol. The first kappa shape index (κ1) is 22.1. The van der Waals surface area contributed by atoms with Crippen molar-refractivity contribution in [3.63, 3.8) is 0 Å². The number of aliphatic hydroxyl groups excluding tert-OH is 3. The van der Waals surface area contributed by atoms with Gasteiger partial charge in [-0.1, -0.05) is 11.3 Å². The number of aliphatic hydroxyl groups is 3. The van der Waals surface area contributed by atoms with Crippen LogP contribution in [0.5, 0.6) is 0 Å². The molecule has 30 heavy (non-hydrogen) atoms. The van der Waals surface area contributed by atoms with Crippen LogP contribution in [0.4, 0.5) is 9.80 Å². The maximum atomic E-state index is 12.5. The van der Waals surface area contributed by atoms with Crippen molar-refractivity contribution in [1.82, 2.24) is 10.2 Å². The van der Waals surface area contributed by atoms with Gasteiger partial charge in [-0.2, -0.15) is 0 Å². The zero-order valence-electron chi connectivity index (χ0n) is 15.6. The molecule has 0 aromatic carbocycles. The number of nitro groups is 1. The summed E-state index contributed by atoms with van der Waals surface area (Å²) >= 11 is 0.838. The number of urea groups is 1. The van der Waals surface area contributed by atoms with E-state index in [1.54, 1.807) is 0 Å². The number of esters is 1. The number of carbonyl (C=O) groups excluding carboxylic acids is 2. The zero-order chi connectivity index (χ0) is 22.2. The first-order chi connectivity index (χ1) is 14.1. The van der Waals surface area contributed by atoms with Crippen LogP contribution in [-0.2, 0) is 14.3 Å². The summed E-state index contributed by atoms with van der Waals surface area (Å²) in [4.78, 5) is 36.5. The monoisotopic (exact) mass is 444 g/mol. The van der Waals surface area contributed by atoms with E-state index in [4.69, 9.17) is 20.3 Å². The van der Waals surface area contributed by atoms with Crippen LogP contribution in [0.3, 0.4) is 0 Å². The lowest BCUT2D eigenvalue weighted by molar-refractivity contribution is -0.380. The lowest BCUT2D eigenvalue weighted by Gasteiger charge is -2.36. The fourth-order valence-electron chi connectivity index (χ4n) is 2.95. The maximum absolute atomic E-state index is 12.5. The van der Waals surface area contributed by atoms with E-state index in [2.05, 4.69) is 5.32 Å². The smallest absolute Gasteiger partial charge is 0.351 e. The number of nitrogens with zero attached hydrogens (tertiary/aromatic N) is 2. The second-order valence-corrected chi connectivity index (χ2v) is 7.83. The van der Waals surface area contributed by atoms with Gasteiger partial charge < -0.3 is 30.1 Å². The van der Waals surface area contributed by atoms with Crippen LogP contribution < -0.4 is 11.1 Å². The molecule has 1 fully saturated rings. The van der Waals surface area contributed by atoms with Crippen molar-refractivity contribution in [2.24, 2.45) is 5.73 Å². The maximum Gasteiger partial charge on any atom is 0.351 e. The van der Waals surface area contributed by atoms with Crippen LogP contribution in [-0.4, -0.2) is 74.0 Å². The summed E-state index contributed by atoms with van der Waals surface area (Å²) in [7, 11) is 0. The summed E-state index contributed by atoms with van der Waals surface area (Å²) in [5, 5.41) is 41.9. The summed E-state index contributed by atoms with van der Waals surface area (Å²) in [6, 6.07) is 1.82. The summed E-state index contributed by atoms with van der Waals surface area (Å²) in [6.45, 7) is 0.927. The summed E-state index contributed by atoms with van der Waals surface area (Å²) in [6.07, 6.45) is -3.96. The van der Waals surface area contributed by atoms with Crippen LogP contribution in [0, 0.1) is 10.1 Å². The first-order valence-electron chi connectivity index (χ1n) is 8.73.